The molecule has 0 atom stereocenters. The molecule has 1 aromatic heterocycles. The third-order valence-electron chi connectivity index (χ3n) is 2.76. The van der Waals surface area contributed by atoms with Crippen molar-refractivity contribution < 1.29 is 4.79 Å². The van der Waals surface area contributed by atoms with Gasteiger partial charge in [0, 0.05) is 11.7 Å². The van der Waals surface area contributed by atoms with E-state index in [1.807, 2.05) is 39.0 Å². The van der Waals surface area contributed by atoms with Gasteiger partial charge in [0.1, 0.15) is 6.33 Å². The van der Waals surface area contributed by atoms with Crippen molar-refractivity contribution in [2.45, 2.75) is 26.8 Å². The fourth-order valence-corrected chi connectivity index (χ4v) is 1.71. The zero-order valence-corrected chi connectivity index (χ0v) is 11.8. The lowest BCUT2D eigenvalue weighted by Crippen LogP contribution is -2.32. The highest BCUT2D eigenvalue weighted by molar-refractivity contribution is 5.92. The molecule has 2 rings (SSSR count). The molecule has 106 valence electrons. The number of amides is 1. The second-order valence-corrected chi connectivity index (χ2v) is 4.84. The Morgan fingerprint density at radius 1 is 1.40 bits per heavy atom. The number of anilines is 1. The van der Waals surface area contributed by atoms with Gasteiger partial charge in [-0.1, -0.05) is 19.9 Å². The molecule has 20 heavy (non-hydrogen) atoms. The molecule has 1 heterocycles. The Labute approximate surface area is 117 Å². The number of aromatic nitrogens is 4. The largest absolute Gasteiger partial charge is 0.325 e. The predicted octanol–water partition coefficient (Wildman–Crippen LogP) is 0.907. The van der Waals surface area contributed by atoms with Gasteiger partial charge >= 0.3 is 0 Å². The van der Waals surface area contributed by atoms with Crippen molar-refractivity contribution in [3.05, 3.63) is 30.1 Å². The molecule has 1 amide bonds. The molecule has 0 saturated carbocycles. The van der Waals surface area contributed by atoms with Crippen LogP contribution in [0.4, 0.5) is 5.69 Å². The maximum absolute atomic E-state index is 11.8. The highest BCUT2D eigenvalue weighted by Crippen LogP contribution is 2.18. The summed E-state index contributed by atoms with van der Waals surface area (Å²) in [6.45, 7) is 6.23. The summed E-state index contributed by atoms with van der Waals surface area (Å²) in [6, 6.07) is 5.90. The van der Waals surface area contributed by atoms with Crippen molar-refractivity contribution in [3.63, 3.8) is 0 Å². The summed E-state index contributed by atoms with van der Waals surface area (Å²) in [6.07, 6.45) is 1.52. The van der Waals surface area contributed by atoms with Gasteiger partial charge in [0.05, 0.1) is 12.2 Å². The first-order valence-electron chi connectivity index (χ1n) is 6.43. The SMILES string of the molecule is Cc1ccc(NC(=O)CNC(C)C)cc1-n1cnnn1. The zero-order valence-electron chi connectivity index (χ0n) is 11.8. The number of carbonyl (C=O) groups excluding carboxylic acids is 1. The number of rotatable bonds is 5. The minimum Gasteiger partial charge on any atom is -0.325 e. The van der Waals surface area contributed by atoms with Gasteiger partial charge < -0.3 is 10.6 Å². The molecule has 1 aromatic carbocycles. The number of aryl methyl sites for hydroxylation is 1. The maximum atomic E-state index is 11.8. The smallest absolute Gasteiger partial charge is 0.238 e. The van der Waals surface area contributed by atoms with Crippen LogP contribution >= 0.6 is 0 Å². The lowest BCUT2D eigenvalue weighted by Gasteiger charge is -2.11. The topological polar surface area (TPSA) is 84.7 Å². The molecular weight excluding hydrogens is 256 g/mol. The molecule has 0 bridgehead atoms. The Balaban J connectivity index is 2.10. The number of hydrogen-bond acceptors (Lipinski definition) is 5. The Bertz CT molecular complexity index is 579. The Morgan fingerprint density at radius 3 is 2.85 bits per heavy atom. The number of nitrogens with one attached hydrogen (secondary N) is 2. The van der Waals surface area contributed by atoms with E-state index in [4.69, 9.17) is 0 Å². The van der Waals surface area contributed by atoms with Crippen LogP contribution in [-0.4, -0.2) is 38.7 Å². The molecule has 2 N–H and O–H groups in total. The molecule has 0 aliphatic carbocycles. The summed E-state index contributed by atoms with van der Waals surface area (Å²) >= 11 is 0. The van der Waals surface area contributed by atoms with Crippen LogP contribution < -0.4 is 10.6 Å². The van der Waals surface area contributed by atoms with Crippen molar-refractivity contribution >= 4 is 11.6 Å². The normalized spacial score (nSPS) is 10.8. The molecule has 0 spiro atoms. The molecule has 0 saturated heterocycles. The van der Waals surface area contributed by atoms with Crippen LogP contribution in [0.5, 0.6) is 0 Å². The molecule has 0 aliphatic rings. The molecule has 0 aliphatic heterocycles. The predicted molar refractivity (Wildman–Crippen MR) is 75.7 cm³/mol. The van der Waals surface area contributed by atoms with Crippen LogP contribution in [-0.2, 0) is 4.79 Å². The molecular formula is C13H18N6O. The van der Waals surface area contributed by atoms with Crippen LogP contribution in [0.25, 0.3) is 5.69 Å². The summed E-state index contributed by atoms with van der Waals surface area (Å²) in [7, 11) is 0. The van der Waals surface area contributed by atoms with Crippen LogP contribution in [0.1, 0.15) is 19.4 Å². The quantitative estimate of drug-likeness (QED) is 0.846. The summed E-state index contributed by atoms with van der Waals surface area (Å²) in [4.78, 5) is 11.8. The van der Waals surface area contributed by atoms with Gasteiger partial charge in [-0.05, 0) is 35.0 Å². The summed E-state index contributed by atoms with van der Waals surface area (Å²) in [5.41, 5.74) is 2.58. The lowest BCUT2D eigenvalue weighted by atomic mass is 10.2. The van der Waals surface area contributed by atoms with Crippen LogP contribution in [0.3, 0.4) is 0 Å². The van der Waals surface area contributed by atoms with Crippen molar-refractivity contribution in [3.8, 4) is 5.69 Å². The number of nitrogens with zero attached hydrogens (tertiary/aromatic N) is 4. The third kappa shape index (κ3) is 3.61. The van der Waals surface area contributed by atoms with Gasteiger partial charge in [0.25, 0.3) is 0 Å². The first kappa shape index (κ1) is 14.1. The van der Waals surface area contributed by atoms with E-state index in [9.17, 15) is 4.79 Å². The highest BCUT2D eigenvalue weighted by atomic mass is 16.1. The summed E-state index contributed by atoms with van der Waals surface area (Å²) in [5.74, 6) is -0.0785. The lowest BCUT2D eigenvalue weighted by molar-refractivity contribution is -0.115. The zero-order chi connectivity index (χ0) is 14.5. The van der Waals surface area contributed by atoms with Gasteiger partial charge in [-0.2, -0.15) is 0 Å². The first-order chi connectivity index (χ1) is 9.56. The van der Waals surface area contributed by atoms with E-state index in [2.05, 4.69) is 26.2 Å². The van der Waals surface area contributed by atoms with Gasteiger partial charge in [-0.25, -0.2) is 4.68 Å². The van der Waals surface area contributed by atoms with E-state index in [0.29, 0.717) is 0 Å². The Kier molecular flexibility index (Phi) is 4.41. The van der Waals surface area contributed by atoms with Gasteiger partial charge in [0.2, 0.25) is 5.91 Å². The van der Waals surface area contributed by atoms with Crippen LogP contribution in [0.15, 0.2) is 24.5 Å². The van der Waals surface area contributed by atoms with Gasteiger partial charge in [0.15, 0.2) is 0 Å². The Hall–Kier alpha value is -2.28. The number of benzene rings is 1. The molecule has 2 aromatic rings. The third-order valence-corrected chi connectivity index (χ3v) is 2.76. The van der Waals surface area contributed by atoms with Crippen molar-refractivity contribution in [2.75, 3.05) is 11.9 Å². The average Bonchev–Trinajstić information content (AvgIpc) is 2.92. The van der Waals surface area contributed by atoms with Crippen molar-refractivity contribution in [2.24, 2.45) is 0 Å². The standard InChI is InChI=1S/C13H18N6O/c1-9(2)14-7-13(20)16-11-5-4-10(3)12(6-11)19-8-15-17-18-19/h4-6,8-9,14H,7H2,1-3H3,(H,16,20). The molecule has 7 heteroatoms. The van der Waals surface area contributed by atoms with Crippen molar-refractivity contribution in [1.82, 2.24) is 25.5 Å². The average molecular weight is 274 g/mol. The van der Waals surface area contributed by atoms with Crippen molar-refractivity contribution in [1.29, 1.82) is 0 Å². The maximum Gasteiger partial charge on any atom is 0.238 e. The molecule has 0 fully saturated rings. The fraction of sp³-hybridized carbons (Fsp3) is 0.385. The van der Waals surface area contributed by atoms with E-state index >= 15 is 0 Å². The molecule has 0 unspecified atom stereocenters. The van der Waals surface area contributed by atoms with Gasteiger partial charge in [-0.3, -0.25) is 4.79 Å². The van der Waals surface area contributed by atoms with Gasteiger partial charge in [-0.15, -0.1) is 5.10 Å². The highest BCUT2D eigenvalue weighted by Gasteiger charge is 2.07. The number of hydrogen-bond donors (Lipinski definition) is 2. The fourth-order valence-electron chi connectivity index (χ4n) is 1.71. The second kappa shape index (κ2) is 6.25. The molecule has 0 radical (unpaired) electrons. The van der Waals surface area contributed by atoms with Crippen LogP contribution in [0, 0.1) is 6.92 Å². The minimum atomic E-state index is -0.0785. The second-order valence-electron chi connectivity index (χ2n) is 4.84. The summed E-state index contributed by atoms with van der Waals surface area (Å²) < 4.78 is 1.57. The first-order valence-corrected chi connectivity index (χ1v) is 6.43. The van der Waals surface area contributed by atoms with E-state index < -0.39 is 0 Å². The number of tetrazole rings is 1. The van der Waals surface area contributed by atoms with E-state index in [-0.39, 0.29) is 18.5 Å². The summed E-state index contributed by atoms with van der Waals surface area (Å²) in [5, 5.41) is 17.0. The minimum absolute atomic E-state index is 0.0785. The van der Waals surface area contributed by atoms with E-state index in [0.717, 1.165) is 16.9 Å². The van der Waals surface area contributed by atoms with E-state index in [1.54, 1.807) is 4.68 Å². The van der Waals surface area contributed by atoms with E-state index in [1.165, 1.54) is 6.33 Å². The Morgan fingerprint density at radius 2 is 2.20 bits per heavy atom. The van der Waals surface area contributed by atoms with Crippen LogP contribution in [0.2, 0.25) is 0 Å². The number of carbonyl (C=O) groups is 1. The molecule has 7 nitrogen and oxygen atoms in total. The monoisotopic (exact) mass is 274 g/mol.